The van der Waals surface area contributed by atoms with Crippen LogP contribution in [-0.2, 0) is 17.8 Å². The first-order valence-corrected chi connectivity index (χ1v) is 9.20. The Labute approximate surface area is 136 Å². The number of hydrogen-bond acceptors (Lipinski definition) is 4. The summed E-state index contributed by atoms with van der Waals surface area (Å²) in [6.45, 7) is 7.29. The molecule has 3 rings (SSSR count). The standard InChI is InChI=1S/C17H26N2O2S/c1-12(18-7-3-4-14(10-18)13(2)20)17(21)19-8-5-16-15(11-19)6-9-22-16/h6,9,12-14,20H,3-5,7-8,10-11H2,1-2H3. The van der Waals surface area contributed by atoms with E-state index in [2.05, 4.69) is 16.3 Å². The Morgan fingerprint density at radius 3 is 3.00 bits per heavy atom. The molecule has 3 atom stereocenters. The van der Waals surface area contributed by atoms with Gasteiger partial charge in [-0.05, 0) is 62.6 Å². The zero-order valence-corrected chi connectivity index (χ0v) is 14.3. The number of likely N-dealkylation sites (tertiary alicyclic amines) is 1. The number of rotatable bonds is 3. The van der Waals surface area contributed by atoms with Crippen LogP contribution >= 0.6 is 11.3 Å². The molecule has 0 bridgehead atoms. The summed E-state index contributed by atoms with van der Waals surface area (Å²) in [6.07, 6.45) is 2.84. The van der Waals surface area contributed by atoms with Gasteiger partial charge in [0.1, 0.15) is 0 Å². The SMILES string of the molecule is CC(O)C1CCCN(C(C)C(=O)N2CCc3sccc3C2)C1. The molecule has 2 aliphatic rings. The first kappa shape index (κ1) is 16.0. The molecule has 3 heterocycles. The minimum absolute atomic E-state index is 0.0817. The van der Waals surface area contributed by atoms with Gasteiger partial charge in [-0.25, -0.2) is 0 Å². The summed E-state index contributed by atoms with van der Waals surface area (Å²) in [7, 11) is 0. The monoisotopic (exact) mass is 322 g/mol. The molecule has 1 saturated heterocycles. The molecule has 0 spiro atoms. The van der Waals surface area contributed by atoms with Crippen LogP contribution in [0.4, 0.5) is 0 Å². The lowest BCUT2D eigenvalue weighted by Gasteiger charge is -2.39. The molecule has 3 unspecified atom stereocenters. The number of fused-ring (bicyclic) bond motifs is 1. The van der Waals surface area contributed by atoms with Gasteiger partial charge >= 0.3 is 0 Å². The van der Waals surface area contributed by atoms with E-state index in [1.807, 2.05) is 18.7 Å². The fourth-order valence-corrected chi connectivity index (χ4v) is 4.53. The van der Waals surface area contributed by atoms with Gasteiger partial charge in [0.15, 0.2) is 0 Å². The maximum absolute atomic E-state index is 12.8. The first-order chi connectivity index (χ1) is 10.6. The lowest BCUT2D eigenvalue weighted by atomic mass is 9.92. The molecule has 0 aromatic carbocycles. The van der Waals surface area contributed by atoms with Crippen LogP contribution in [0.2, 0.25) is 0 Å². The van der Waals surface area contributed by atoms with E-state index in [9.17, 15) is 9.90 Å². The van der Waals surface area contributed by atoms with E-state index in [-0.39, 0.29) is 18.1 Å². The summed E-state index contributed by atoms with van der Waals surface area (Å²) in [4.78, 5) is 18.5. The van der Waals surface area contributed by atoms with Gasteiger partial charge in [0, 0.05) is 24.5 Å². The Morgan fingerprint density at radius 2 is 2.23 bits per heavy atom. The Hall–Kier alpha value is -0.910. The lowest BCUT2D eigenvalue weighted by Crippen LogP contribution is -2.52. The minimum atomic E-state index is -0.284. The molecular formula is C17H26N2O2S. The van der Waals surface area contributed by atoms with E-state index >= 15 is 0 Å². The van der Waals surface area contributed by atoms with E-state index < -0.39 is 0 Å². The molecule has 1 N–H and O–H groups in total. The average molecular weight is 322 g/mol. The molecule has 1 aromatic heterocycles. The summed E-state index contributed by atoms with van der Waals surface area (Å²) in [5, 5.41) is 12.0. The largest absolute Gasteiger partial charge is 0.393 e. The van der Waals surface area contributed by atoms with Crippen molar-refractivity contribution in [1.29, 1.82) is 0 Å². The molecule has 2 aliphatic heterocycles. The third-order valence-electron chi connectivity index (χ3n) is 5.20. The van der Waals surface area contributed by atoms with Crippen molar-refractivity contribution < 1.29 is 9.90 Å². The van der Waals surface area contributed by atoms with Gasteiger partial charge in [0.2, 0.25) is 5.91 Å². The smallest absolute Gasteiger partial charge is 0.239 e. The molecule has 0 saturated carbocycles. The summed E-state index contributed by atoms with van der Waals surface area (Å²) >= 11 is 1.80. The summed E-state index contributed by atoms with van der Waals surface area (Å²) in [5.41, 5.74) is 1.32. The van der Waals surface area contributed by atoms with Gasteiger partial charge in [-0.1, -0.05) is 0 Å². The van der Waals surface area contributed by atoms with Crippen molar-refractivity contribution in [2.24, 2.45) is 5.92 Å². The van der Waals surface area contributed by atoms with Crippen LogP contribution in [0, 0.1) is 5.92 Å². The molecule has 1 amide bonds. The van der Waals surface area contributed by atoms with Gasteiger partial charge in [-0.15, -0.1) is 11.3 Å². The van der Waals surface area contributed by atoms with Crippen molar-refractivity contribution >= 4 is 17.2 Å². The summed E-state index contributed by atoms with van der Waals surface area (Å²) in [5.74, 6) is 0.539. The van der Waals surface area contributed by atoms with Gasteiger partial charge in [0.05, 0.1) is 12.1 Å². The second-order valence-electron chi connectivity index (χ2n) is 6.69. The minimum Gasteiger partial charge on any atom is -0.393 e. The first-order valence-electron chi connectivity index (χ1n) is 8.32. The summed E-state index contributed by atoms with van der Waals surface area (Å²) < 4.78 is 0. The molecule has 1 fully saturated rings. The van der Waals surface area contributed by atoms with Crippen LogP contribution in [0.15, 0.2) is 11.4 Å². The fraction of sp³-hybridized carbons (Fsp3) is 0.706. The molecule has 4 nitrogen and oxygen atoms in total. The Kier molecular flexibility index (Phi) is 4.85. The molecular weight excluding hydrogens is 296 g/mol. The Balaban J connectivity index is 1.62. The lowest BCUT2D eigenvalue weighted by molar-refractivity contribution is -0.138. The van der Waals surface area contributed by atoms with Crippen molar-refractivity contribution in [3.63, 3.8) is 0 Å². The highest BCUT2D eigenvalue weighted by Gasteiger charge is 2.32. The summed E-state index contributed by atoms with van der Waals surface area (Å²) in [6, 6.07) is 2.07. The highest BCUT2D eigenvalue weighted by atomic mass is 32.1. The van der Waals surface area contributed by atoms with Gasteiger partial charge < -0.3 is 10.0 Å². The number of amides is 1. The van der Waals surface area contributed by atoms with Crippen LogP contribution in [-0.4, -0.2) is 52.6 Å². The topological polar surface area (TPSA) is 43.8 Å². The number of carbonyl (C=O) groups excluding carboxylic acids is 1. The normalized spacial score (nSPS) is 25.6. The van der Waals surface area contributed by atoms with Crippen molar-refractivity contribution in [3.8, 4) is 0 Å². The maximum atomic E-state index is 12.8. The van der Waals surface area contributed by atoms with Crippen molar-refractivity contribution in [2.75, 3.05) is 19.6 Å². The van der Waals surface area contributed by atoms with Crippen LogP contribution in [0.3, 0.4) is 0 Å². The zero-order chi connectivity index (χ0) is 15.7. The molecule has 0 aliphatic carbocycles. The molecule has 22 heavy (non-hydrogen) atoms. The van der Waals surface area contributed by atoms with Gasteiger partial charge in [0.25, 0.3) is 0 Å². The predicted octanol–water partition coefficient (Wildman–Crippen LogP) is 2.11. The Morgan fingerprint density at radius 1 is 1.41 bits per heavy atom. The van der Waals surface area contributed by atoms with Crippen molar-refractivity contribution in [2.45, 2.75) is 51.8 Å². The third kappa shape index (κ3) is 3.21. The second-order valence-corrected chi connectivity index (χ2v) is 7.69. The quantitative estimate of drug-likeness (QED) is 0.927. The molecule has 0 radical (unpaired) electrons. The van der Waals surface area contributed by atoms with E-state index in [4.69, 9.17) is 0 Å². The van der Waals surface area contributed by atoms with Crippen molar-refractivity contribution in [3.05, 3.63) is 21.9 Å². The Bertz CT molecular complexity index is 528. The number of aliphatic hydroxyl groups excluding tert-OH is 1. The van der Waals surface area contributed by atoms with Crippen LogP contribution < -0.4 is 0 Å². The van der Waals surface area contributed by atoms with Crippen molar-refractivity contribution in [1.82, 2.24) is 9.80 Å². The zero-order valence-electron chi connectivity index (χ0n) is 13.5. The average Bonchev–Trinajstić information content (AvgIpc) is 3.01. The van der Waals surface area contributed by atoms with E-state index in [0.29, 0.717) is 5.92 Å². The number of carbonyl (C=O) groups is 1. The molecule has 5 heteroatoms. The van der Waals surface area contributed by atoms with E-state index in [1.165, 1.54) is 10.4 Å². The number of piperidine rings is 1. The highest BCUT2D eigenvalue weighted by molar-refractivity contribution is 7.10. The van der Waals surface area contributed by atoms with Gasteiger partial charge in [-0.3, -0.25) is 9.69 Å². The van der Waals surface area contributed by atoms with Gasteiger partial charge in [-0.2, -0.15) is 0 Å². The highest BCUT2D eigenvalue weighted by Crippen LogP contribution is 2.26. The second kappa shape index (κ2) is 6.69. The number of nitrogens with zero attached hydrogens (tertiary/aromatic N) is 2. The van der Waals surface area contributed by atoms with E-state index in [0.717, 1.165) is 45.4 Å². The van der Waals surface area contributed by atoms with E-state index in [1.54, 1.807) is 11.3 Å². The fourth-order valence-electron chi connectivity index (χ4n) is 3.64. The number of thiophene rings is 1. The number of hydrogen-bond donors (Lipinski definition) is 1. The number of aliphatic hydroxyl groups is 1. The predicted molar refractivity (Wildman–Crippen MR) is 88.9 cm³/mol. The molecule has 122 valence electrons. The molecule has 1 aromatic rings. The third-order valence-corrected chi connectivity index (χ3v) is 6.22. The van der Waals surface area contributed by atoms with Crippen LogP contribution in [0.5, 0.6) is 0 Å². The van der Waals surface area contributed by atoms with Crippen LogP contribution in [0.25, 0.3) is 0 Å². The van der Waals surface area contributed by atoms with Crippen LogP contribution in [0.1, 0.15) is 37.1 Å². The maximum Gasteiger partial charge on any atom is 0.239 e.